The fourth-order valence-electron chi connectivity index (χ4n) is 1.10. The van der Waals surface area contributed by atoms with Crippen LogP contribution in [-0.4, -0.2) is 34.8 Å². The SMILES string of the molecule is COC(=O)C(C)NC(=O)c1ccnn1C. The molecule has 0 spiro atoms. The molecule has 1 aromatic rings. The largest absolute Gasteiger partial charge is 0.467 e. The van der Waals surface area contributed by atoms with Crippen LogP contribution in [0.15, 0.2) is 12.3 Å². The molecule has 82 valence electrons. The average Bonchev–Trinajstić information content (AvgIpc) is 2.63. The number of aromatic nitrogens is 2. The van der Waals surface area contributed by atoms with Gasteiger partial charge in [0.25, 0.3) is 5.91 Å². The van der Waals surface area contributed by atoms with Crippen molar-refractivity contribution in [3.05, 3.63) is 18.0 Å². The van der Waals surface area contributed by atoms with Gasteiger partial charge in [0.05, 0.1) is 7.11 Å². The lowest BCUT2D eigenvalue weighted by Crippen LogP contribution is -2.39. The van der Waals surface area contributed by atoms with Gasteiger partial charge in [-0.15, -0.1) is 0 Å². The average molecular weight is 211 g/mol. The highest BCUT2D eigenvalue weighted by Crippen LogP contribution is 1.97. The van der Waals surface area contributed by atoms with Crippen LogP contribution >= 0.6 is 0 Å². The zero-order chi connectivity index (χ0) is 11.4. The standard InChI is InChI=1S/C9H13N3O3/c1-6(9(14)15-3)11-8(13)7-4-5-10-12(7)2/h4-6H,1-3H3,(H,11,13). The number of hydrogen-bond acceptors (Lipinski definition) is 4. The molecule has 0 aliphatic carbocycles. The van der Waals surface area contributed by atoms with Crippen LogP contribution in [0.4, 0.5) is 0 Å². The highest BCUT2D eigenvalue weighted by atomic mass is 16.5. The summed E-state index contributed by atoms with van der Waals surface area (Å²) in [7, 11) is 2.92. The molecular formula is C9H13N3O3. The molecule has 0 saturated heterocycles. The molecule has 15 heavy (non-hydrogen) atoms. The Morgan fingerprint density at radius 3 is 2.73 bits per heavy atom. The summed E-state index contributed by atoms with van der Waals surface area (Å²) in [5, 5.41) is 6.35. The summed E-state index contributed by atoms with van der Waals surface area (Å²) in [5.74, 6) is -0.835. The molecule has 1 amide bonds. The Morgan fingerprint density at radius 2 is 2.27 bits per heavy atom. The van der Waals surface area contributed by atoms with Gasteiger partial charge in [0.1, 0.15) is 11.7 Å². The van der Waals surface area contributed by atoms with Crippen molar-refractivity contribution in [2.24, 2.45) is 7.05 Å². The first-order valence-electron chi connectivity index (χ1n) is 4.43. The molecular weight excluding hydrogens is 198 g/mol. The van der Waals surface area contributed by atoms with Crippen LogP contribution in [0.3, 0.4) is 0 Å². The maximum Gasteiger partial charge on any atom is 0.328 e. The van der Waals surface area contributed by atoms with Crippen molar-refractivity contribution in [3.8, 4) is 0 Å². The molecule has 0 radical (unpaired) electrons. The first-order chi connectivity index (χ1) is 7.06. The minimum absolute atomic E-state index is 0.354. The number of esters is 1. The zero-order valence-electron chi connectivity index (χ0n) is 8.85. The molecule has 1 heterocycles. The smallest absolute Gasteiger partial charge is 0.328 e. The first kappa shape index (κ1) is 11.2. The lowest BCUT2D eigenvalue weighted by molar-refractivity contribution is -0.142. The van der Waals surface area contributed by atoms with Crippen molar-refractivity contribution in [3.63, 3.8) is 0 Å². The zero-order valence-corrected chi connectivity index (χ0v) is 8.85. The number of nitrogens with zero attached hydrogens (tertiary/aromatic N) is 2. The van der Waals surface area contributed by atoms with Crippen molar-refractivity contribution >= 4 is 11.9 Å². The summed E-state index contributed by atoms with van der Waals surface area (Å²) in [6.07, 6.45) is 1.51. The molecule has 0 aromatic carbocycles. The molecule has 6 nitrogen and oxygen atoms in total. The first-order valence-corrected chi connectivity index (χ1v) is 4.43. The van der Waals surface area contributed by atoms with Crippen molar-refractivity contribution < 1.29 is 14.3 Å². The van der Waals surface area contributed by atoms with Crippen molar-refractivity contribution in [2.45, 2.75) is 13.0 Å². The maximum absolute atomic E-state index is 11.6. The monoisotopic (exact) mass is 211 g/mol. The Labute approximate surface area is 87.2 Å². The number of aryl methyl sites for hydroxylation is 1. The van der Waals surface area contributed by atoms with Crippen LogP contribution in [0, 0.1) is 0 Å². The Bertz CT molecular complexity index is 372. The van der Waals surface area contributed by atoms with E-state index in [0.29, 0.717) is 5.69 Å². The van der Waals surface area contributed by atoms with Gasteiger partial charge in [-0.25, -0.2) is 4.79 Å². The van der Waals surface area contributed by atoms with Gasteiger partial charge in [-0.1, -0.05) is 0 Å². The summed E-state index contributed by atoms with van der Waals surface area (Å²) in [5.41, 5.74) is 0.394. The van der Waals surface area contributed by atoms with Gasteiger partial charge in [0, 0.05) is 13.2 Å². The minimum atomic E-state index is -0.669. The van der Waals surface area contributed by atoms with Crippen LogP contribution < -0.4 is 5.32 Å². The number of ether oxygens (including phenoxy) is 1. The summed E-state index contributed by atoms with van der Waals surface area (Å²) in [4.78, 5) is 22.6. The number of rotatable bonds is 3. The normalized spacial score (nSPS) is 11.9. The van der Waals surface area contributed by atoms with Gasteiger partial charge in [-0.05, 0) is 13.0 Å². The van der Waals surface area contributed by atoms with E-state index >= 15 is 0 Å². The topological polar surface area (TPSA) is 73.2 Å². The highest BCUT2D eigenvalue weighted by Gasteiger charge is 2.18. The third-order valence-corrected chi connectivity index (χ3v) is 1.96. The van der Waals surface area contributed by atoms with Crippen molar-refractivity contribution in [1.29, 1.82) is 0 Å². The minimum Gasteiger partial charge on any atom is -0.467 e. The second-order valence-electron chi connectivity index (χ2n) is 3.06. The number of nitrogens with one attached hydrogen (secondary N) is 1. The predicted molar refractivity (Wildman–Crippen MR) is 52.2 cm³/mol. The Morgan fingerprint density at radius 1 is 1.60 bits per heavy atom. The summed E-state index contributed by atoms with van der Waals surface area (Å²) in [6, 6.07) is 0.900. The molecule has 1 unspecified atom stereocenters. The molecule has 0 aliphatic rings. The Balaban J connectivity index is 2.64. The number of amides is 1. The molecule has 1 rings (SSSR count). The number of hydrogen-bond donors (Lipinski definition) is 1. The fraction of sp³-hybridized carbons (Fsp3) is 0.444. The Hall–Kier alpha value is -1.85. The molecule has 1 aromatic heterocycles. The van der Waals surface area contributed by atoms with E-state index in [2.05, 4.69) is 15.2 Å². The van der Waals surface area contributed by atoms with E-state index in [9.17, 15) is 9.59 Å². The van der Waals surface area contributed by atoms with Crippen LogP contribution in [0.1, 0.15) is 17.4 Å². The molecule has 6 heteroatoms. The van der Waals surface area contributed by atoms with Gasteiger partial charge >= 0.3 is 5.97 Å². The predicted octanol–water partition coefficient (Wildman–Crippen LogP) is -0.289. The van der Waals surface area contributed by atoms with Gasteiger partial charge in [-0.2, -0.15) is 5.10 Å². The quantitative estimate of drug-likeness (QED) is 0.697. The van der Waals surface area contributed by atoms with Gasteiger partial charge in [-0.3, -0.25) is 9.48 Å². The molecule has 0 aliphatic heterocycles. The van der Waals surface area contributed by atoms with E-state index in [1.807, 2.05) is 0 Å². The molecule has 0 fully saturated rings. The Kier molecular flexibility index (Phi) is 3.43. The van der Waals surface area contributed by atoms with E-state index < -0.39 is 12.0 Å². The van der Waals surface area contributed by atoms with Crippen molar-refractivity contribution in [1.82, 2.24) is 15.1 Å². The second kappa shape index (κ2) is 4.59. The van der Waals surface area contributed by atoms with E-state index in [1.54, 1.807) is 20.0 Å². The van der Waals surface area contributed by atoms with E-state index in [1.165, 1.54) is 18.0 Å². The molecule has 0 saturated carbocycles. The third kappa shape index (κ3) is 2.55. The summed E-state index contributed by atoms with van der Waals surface area (Å²) < 4.78 is 5.91. The molecule has 1 atom stereocenters. The fourth-order valence-corrected chi connectivity index (χ4v) is 1.10. The third-order valence-electron chi connectivity index (χ3n) is 1.96. The van der Waals surface area contributed by atoms with E-state index in [-0.39, 0.29) is 5.91 Å². The number of carbonyl (C=O) groups excluding carboxylic acids is 2. The highest BCUT2D eigenvalue weighted by molar-refractivity contribution is 5.95. The van der Waals surface area contributed by atoms with E-state index in [0.717, 1.165) is 0 Å². The lowest BCUT2D eigenvalue weighted by Gasteiger charge is -2.11. The lowest BCUT2D eigenvalue weighted by atomic mass is 10.3. The van der Waals surface area contributed by atoms with Gasteiger partial charge in [0.2, 0.25) is 0 Å². The summed E-state index contributed by atoms with van der Waals surface area (Å²) >= 11 is 0. The number of carbonyl (C=O) groups is 2. The molecule has 0 bridgehead atoms. The van der Waals surface area contributed by atoms with Crippen LogP contribution in [-0.2, 0) is 16.6 Å². The van der Waals surface area contributed by atoms with Crippen LogP contribution in [0.5, 0.6) is 0 Å². The second-order valence-corrected chi connectivity index (χ2v) is 3.06. The van der Waals surface area contributed by atoms with Crippen LogP contribution in [0.2, 0.25) is 0 Å². The van der Waals surface area contributed by atoms with Crippen molar-refractivity contribution in [2.75, 3.05) is 7.11 Å². The molecule has 1 N–H and O–H groups in total. The van der Waals surface area contributed by atoms with E-state index in [4.69, 9.17) is 0 Å². The van der Waals surface area contributed by atoms with Gasteiger partial charge in [0.15, 0.2) is 0 Å². The maximum atomic E-state index is 11.6. The van der Waals surface area contributed by atoms with Gasteiger partial charge < -0.3 is 10.1 Å². The summed E-state index contributed by atoms with van der Waals surface area (Å²) in [6.45, 7) is 1.56. The van der Waals surface area contributed by atoms with Crippen LogP contribution in [0.25, 0.3) is 0 Å². The number of methoxy groups -OCH3 is 1.